The van der Waals surface area contributed by atoms with Gasteiger partial charge in [-0.05, 0) is 44.7 Å². The molecule has 1 N–H and O–H groups in total. The van der Waals surface area contributed by atoms with Crippen molar-refractivity contribution in [2.24, 2.45) is 5.92 Å². The van der Waals surface area contributed by atoms with Gasteiger partial charge in [-0.1, -0.05) is 18.6 Å². The molecule has 2 fully saturated rings. The Morgan fingerprint density at radius 2 is 2.19 bits per heavy atom. The van der Waals surface area contributed by atoms with Crippen molar-refractivity contribution in [3.05, 3.63) is 11.9 Å². The first-order chi connectivity index (χ1) is 10.3. The zero-order valence-electron chi connectivity index (χ0n) is 12.8. The van der Waals surface area contributed by atoms with E-state index in [4.69, 9.17) is 0 Å². The second kappa shape index (κ2) is 6.56. The molecule has 0 aliphatic carbocycles. The van der Waals surface area contributed by atoms with Crippen LogP contribution in [0.2, 0.25) is 0 Å². The summed E-state index contributed by atoms with van der Waals surface area (Å²) in [5.74, 6) is 0.715. The molecule has 116 valence electrons. The third kappa shape index (κ3) is 3.26. The van der Waals surface area contributed by atoms with Crippen molar-refractivity contribution in [2.45, 2.75) is 45.1 Å². The Morgan fingerprint density at radius 3 is 2.95 bits per heavy atom. The van der Waals surface area contributed by atoms with Crippen LogP contribution in [0.1, 0.15) is 55.6 Å². The van der Waals surface area contributed by atoms with Gasteiger partial charge in [0.25, 0.3) is 5.91 Å². The smallest absolute Gasteiger partial charge is 0.276 e. The van der Waals surface area contributed by atoms with Gasteiger partial charge in [0.2, 0.25) is 0 Å². The van der Waals surface area contributed by atoms with Crippen LogP contribution in [-0.2, 0) is 0 Å². The second-order valence-electron chi connectivity index (χ2n) is 6.26. The molecule has 2 aliphatic heterocycles. The Morgan fingerprint density at radius 1 is 1.38 bits per heavy atom. The predicted molar refractivity (Wildman–Crippen MR) is 80.1 cm³/mol. The number of piperidine rings is 1. The van der Waals surface area contributed by atoms with Crippen molar-refractivity contribution in [3.63, 3.8) is 0 Å². The minimum absolute atomic E-state index is 0.0498. The van der Waals surface area contributed by atoms with E-state index in [1.807, 2.05) is 15.8 Å². The molecule has 2 aliphatic rings. The minimum atomic E-state index is 0.0498. The molecule has 2 saturated heterocycles. The van der Waals surface area contributed by atoms with Gasteiger partial charge in [-0.2, -0.15) is 0 Å². The molecule has 0 saturated carbocycles. The van der Waals surface area contributed by atoms with E-state index in [0.29, 0.717) is 17.7 Å². The normalized spacial score (nSPS) is 23.7. The van der Waals surface area contributed by atoms with Crippen LogP contribution >= 0.6 is 0 Å². The number of aromatic nitrogens is 3. The zero-order chi connectivity index (χ0) is 14.7. The highest BCUT2D eigenvalue weighted by Crippen LogP contribution is 2.23. The molecule has 1 atom stereocenters. The van der Waals surface area contributed by atoms with E-state index in [1.165, 1.54) is 12.8 Å². The van der Waals surface area contributed by atoms with Gasteiger partial charge in [0, 0.05) is 13.1 Å². The van der Waals surface area contributed by atoms with E-state index in [2.05, 4.69) is 22.6 Å². The maximum absolute atomic E-state index is 12.5. The van der Waals surface area contributed by atoms with Crippen molar-refractivity contribution in [2.75, 3.05) is 26.2 Å². The second-order valence-corrected chi connectivity index (χ2v) is 6.26. The number of nitrogens with one attached hydrogen (secondary N) is 1. The van der Waals surface area contributed by atoms with Gasteiger partial charge < -0.3 is 10.2 Å². The third-order valence-corrected chi connectivity index (χ3v) is 4.68. The van der Waals surface area contributed by atoms with Crippen LogP contribution in [0, 0.1) is 5.92 Å². The molecule has 0 bridgehead atoms. The van der Waals surface area contributed by atoms with Gasteiger partial charge in [0.15, 0.2) is 5.69 Å². The van der Waals surface area contributed by atoms with Crippen LogP contribution in [0.25, 0.3) is 0 Å². The molecule has 1 aromatic rings. The minimum Gasteiger partial charge on any atom is -0.337 e. The summed E-state index contributed by atoms with van der Waals surface area (Å²) < 4.78 is 1.88. The number of rotatable bonds is 4. The molecule has 3 heterocycles. The van der Waals surface area contributed by atoms with E-state index in [1.54, 1.807) is 0 Å². The summed E-state index contributed by atoms with van der Waals surface area (Å²) in [6.07, 6.45) is 7.48. The standard InChI is InChI=1S/C15H25N5O/c1-2-3-12-6-9-19(10-12)15(21)14-11-20(18-17-14)13-4-7-16-8-5-13/h11-13,16H,2-10H2,1H3. The highest BCUT2D eigenvalue weighted by atomic mass is 16.2. The maximum atomic E-state index is 12.5. The summed E-state index contributed by atoms with van der Waals surface area (Å²) in [7, 11) is 0. The monoisotopic (exact) mass is 291 g/mol. The van der Waals surface area contributed by atoms with Crippen LogP contribution in [0.5, 0.6) is 0 Å². The van der Waals surface area contributed by atoms with Crippen molar-refractivity contribution in [1.82, 2.24) is 25.2 Å². The summed E-state index contributed by atoms with van der Waals surface area (Å²) in [6, 6.07) is 0.381. The highest BCUT2D eigenvalue weighted by molar-refractivity contribution is 5.92. The Labute approximate surface area is 125 Å². The maximum Gasteiger partial charge on any atom is 0.276 e. The van der Waals surface area contributed by atoms with Crippen LogP contribution in [-0.4, -0.2) is 52.0 Å². The van der Waals surface area contributed by atoms with Crippen LogP contribution in [0.3, 0.4) is 0 Å². The number of carbonyl (C=O) groups is 1. The number of carbonyl (C=O) groups excluding carboxylic acids is 1. The Balaban J connectivity index is 1.61. The quantitative estimate of drug-likeness (QED) is 0.912. The van der Waals surface area contributed by atoms with Gasteiger partial charge in [-0.25, -0.2) is 4.68 Å². The van der Waals surface area contributed by atoms with Gasteiger partial charge in [0.1, 0.15) is 0 Å². The molecule has 6 nitrogen and oxygen atoms in total. The average Bonchev–Trinajstić information content (AvgIpc) is 3.17. The summed E-state index contributed by atoms with van der Waals surface area (Å²) in [6.45, 7) is 5.98. The lowest BCUT2D eigenvalue weighted by atomic mass is 10.0. The fraction of sp³-hybridized carbons (Fsp3) is 0.800. The van der Waals surface area contributed by atoms with Crippen molar-refractivity contribution >= 4 is 5.91 Å². The fourth-order valence-corrected chi connectivity index (χ4v) is 3.45. The van der Waals surface area contributed by atoms with Gasteiger partial charge >= 0.3 is 0 Å². The molecule has 1 amide bonds. The van der Waals surface area contributed by atoms with Crippen LogP contribution < -0.4 is 5.32 Å². The SMILES string of the molecule is CCCC1CCN(C(=O)c2cn(C3CCNCC3)nn2)C1. The van der Waals surface area contributed by atoms with E-state index in [0.717, 1.165) is 45.4 Å². The number of hydrogen-bond acceptors (Lipinski definition) is 4. The summed E-state index contributed by atoms with van der Waals surface area (Å²) >= 11 is 0. The first-order valence-corrected chi connectivity index (χ1v) is 8.19. The molecule has 0 radical (unpaired) electrons. The van der Waals surface area contributed by atoms with Crippen molar-refractivity contribution in [3.8, 4) is 0 Å². The Bertz CT molecular complexity index is 480. The number of likely N-dealkylation sites (tertiary alicyclic amines) is 1. The summed E-state index contributed by atoms with van der Waals surface area (Å²) in [5, 5.41) is 11.6. The molecule has 0 spiro atoms. The number of amides is 1. The number of hydrogen-bond donors (Lipinski definition) is 1. The van der Waals surface area contributed by atoms with E-state index in [9.17, 15) is 4.79 Å². The average molecular weight is 291 g/mol. The van der Waals surface area contributed by atoms with Crippen molar-refractivity contribution < 1.29 is 4.79 Å². The summed E-state index contributed by atoms with van der Waals surface area (Å²) in [4.78, 5) is 14.4. The van der Waals surface area contributed by atoms with Gasteiger partial charge in [0.05, 0.1) is 12.2 Å². The molecular formula is C15H25N5O. The van der Waals surface area contributed by atoms with Crippen LogP contribution in [0.4, 0.5) is 0 Å². The molecule has 21 heavy (non-hydrogen) atoms. The predicted octanol–water partition coefficient (Wildman–Crippen LogP) is 1.46. The largest absolute Gasteiger partial charge is 0.337 e. The molecular weight excluding hydrogens is 266 g/mol. The van der Waals surface area contributed by atoms with E-state index < -0.39 is 0 Å². The lowest BCUT2D eigenvalue weighted by molar-refractivity contribution is 0.0780. The lowest BCUT2D eigenvalue weighted by Crippen LogP contribution is -2.30. The lowest BCUT2D eigenvalue weighted by Gasteiger charge is -2.22. The third-order valence-electron chi connectivity index (χ3n) is 4.68. The molecule has 1 unspecified atom stereocenters. The molecule has 3 rings (SSSR count). The van der Waals surface area contributed by atoms with Crippen LogP contribution in [0.15, 0.2) is 6.20 Å². The fourth-order valence-electron chi connectivity index (χ4n) is 3.45. The highest BCUT2D eigenvalue weighted by Gasteiger charge is 2.28. The number of nitrogens with zero attached hydrogens (tertiary/aromatic N) is 4. The van der Waals surface area contributed by atoms with Gasteiger partial charge in [-0.15, -0.1) is 5.10 Å². The zero-order valence-corrected chi connectivity index (χ0v) is 12.8. The molecule has 0 aromatic carbocycles. The van der Waals surface area contributed by atoms with Crippen molar-refractivity contribution in [1.29, 1.82) is 0 Å². The Hall–Kier alpha value is -1.43. The van der Waals surface area contributed by atoms with Gasteiger partial charge in [-0.3, -0.25) is 4.79 Å². The Kier molecular flexibility index (Phi) is 4.53. The van der Waals surface area contributed by atoms with E-state index >= 15 is 0 Å². The van der Waals surface area contributed by atoms with E-state index in [-0.39, 0.29) is 5.91 Å². The first-order valence-electron chi connectivity index (χ1n) is 8.19. The summed E-state index contributed by atoms with van der Waals surface area (Å²) in [5.41, 5.74) is 0.505. The molecule has 6 heteroatoms. The molecule has 1 aromatic heterocycles. The first kappa shape index (κ1) is 14.5. The topological polar surface area (TPSA) is 63.1 Å².